The number of hydrogen-bond acceptors (Lipinski definition) is 4. The zero-order chi connectivity index (χ0) is 18.8. The van der Waals surface area contributed by atoms with Gasteiger partial charge in [-0.3, -0.25) is 4.90 Å². The Labute approximate surface area is 151 Å². The predicted molar refractivity (Wildman–Crippen MR) is 93.0 cm³/mol. The number of hydrogen-bond donors (Lipinski definition) is 3. The third kappa shape index (κ3) is 5.32. The number of para-hydroxylation sites is 1. The zero-order valence-electron chi connectivity index (χ0n) is 14.3. The summed E-state index contributed by atoms with van der Waals surface area (Å²) >= 11 is 0. The molecule has 1 aromatic carbocycles. The number of halogens is 3. The van der Waals surface area contributed by atoms with Crippen LogP contribution >= 0.6 is 0 Å². The lowest BCUT2D eigenvalue weighted by Crippen LogP contribution is -2.49. The van der Waals surface area contributed by atoms with Crippen molar-refractivity contribution in [3.05, 3.63) is 29.3 Å². The molecule has 1 saturated heterocycles. The van der Waals surface area contributed by atoms with Crippen molar-refractivity contribution in [2.75, 3.05) is 31.5 Å². The fourth-order valence-corrected chi connectivity index (χ4v) is 4.54. The standard InChI is InChI=1S/C16H23F3N4O2S/c17-16(18,19)11-21-26(24,25)22-14-5-8-23(9-6-14)10-13-3-1-2-12-4-7-20-15(12)13/h1-3,14,20-22H,4-11H2. The van der Waals surface area contributed by atoms with Gasteiger partial charge in [0.2, 0.25) is 0 Å². The topological polar surface area (TPSA) is 73.5 Å². The number of alkyl halides is 3. The van der Waals surface area contributed by atoms with Gasteiger partial charge in [0.05, 0.1) is 0 Å². The van der Waals surface area contributed by atoms with Crippen LogP contribution in [0.1, 0.15) is 24.0 Å². The average Bonchev–Trinajstić information content (AvgIpc) is 3.04. The number of piperidine rings is 1. The molecular weight excluding hydrogens is 369 g/mol. The SMILES string of the molecule is O=S(=O)(NCC(F)(F)F)NC1CCN(Cc2cccc3c2NCC3)CC1. The second-order valence-corrected chi connectivity index (χ2v) is 8.27. The predicted octanol–water partition coefficient (Wildman–Crippen LogP) is 1.61. The molecule has 0 unspecified atom stereocenters. The number of benzene rings is 1. The highest BCUT2D eigenvalue weighted by Crippen LogP contribution is 2.28. The Morgan fingerprint density at radius 1 is 1.23 bits per heavy atom. The van der Waals surface area contributed by atoms with E-state index in [4.69, 9.17) is 0 Å². The van der Waals surface area contributed by atoms with Crippen molar-refractivity contribution in [2.45, 2.75) is 38.0 Å². The quantitative estimate of drug-likeness (QED) is 0.688. The van der Waals surface area contributed by atoms with Gasteiger partial charge in [0.1, 0.15) is 6.54 Å². The lowest BCUT2D eigenvalue weighted by Gasteiger charge is -2.32. The van der Waals surface area contributed by atoms with Crippen LogP contribution in [0.15, 0.2) is 18.2 Å². The molecule has 0 aromatic heterocycles. The Morgan fingerprint density at radius 2 is 1.96 bits per heavy atom. The summed E-state index contributed by atoms with van der Waals surface area (Å²) in [5.74, 6) is 0. The van der Waals surface area contributed by atoms with Gasteiger partial charge < -0.3 is 5.32 Å². The minimum atomic E-state index is -4.57. The van der Waals surface area contributed by atoms with Gasteiger partial charge in [0.25, 0.3) is 10.2 Å². The van der Waals surface area contributed by atoms with Crippen LogP contribution in [-0.2, 0) is 23.2 Å². The van der Waals surface area contributed by atoms with Crippen molar-refractivity contribution >= 4 is 15.9 Å². The highest BCUT2D eigenvalue weighted by Gasteiger charge is 2.31. The van der Waals surface area contributed by atoms with Crippen molar-refractivity contribution < 1.29 is 21.6 Å². The number of rotatable bonds is 6. The van der Waals surface area contributed by atoms with Crippen LogP contribution in [-0.4, -0.2) is 51.7 Å². The first kappa shape index (κ1) is 19.4. The average molecular weight is 392 g/mol. The minimum Gasteiger partial charge on any atom is -0.384 e. The molecule has 2 aliphatic heterocycles. The van der Waals surface area contributed by atoms with Crippen LogP contribution < -0.4 is 14.8 Å². The molecule has 0 spiro atoms. The van der Waals surface area contributed by atoms with Gasteiger partial charge in [0, 0.05) is 37.9 Å². The fourth-order valence-electron chi connectivity index (χ4n) is 3.43. The Hall–Kier alpha value is -1.36. The highest BCUT2D eigenvalue weighted by molar-refractivity contribution is 7.87. The van der Waals surface area contributed by atoms with Gasteiger partial charge >= 0.3 is 6.18 Å². The van der Waals surface area contributed by atoms with Gasteiger partial charge in [-0.05, 0) is 30.4 Å². The summed E-state index contributed by atoms with van der Waals surface area (Å²) in [4.78, 5) is 2.24. The van der Waals surface area contributed by atoms with Crippen LogP contribution in [0.3, 0.4) is 0 Å². The normalized spacial score (nSPS) is 19.3. The molecule has 1 fully saturated rings. The lowest BCUT2D eigenvalue weighted by molar-refractivity contribution is -0.121. The molecule has 2 heterocycles. The lowest BCUT2D eigenvalue weighted by atomic mass is 10.0. The maximum Gasteiger partial charge on any atom is 0.402 e. The summed E-state index contributed by atoms with van der Waals surface area (Å²) in [6.07, 6.45) is -2.41. The molecule has 0 bridgehead atoms. The van der Waals surface area contributed by atoms with Crippen LogP contribution in [0, 0.1) is 0 Å². The van der Waals surface area contributed by atoms with Gasteiger partial charge in [-0.15, -0.1) is 0 Å². The summed E-state index contributed by atoms with van der Waals surface area (Å²) in [7, 11) is -4.15. The molecule has 0 aliphatic carbocycles. The van der Waals surface area contributed by atoms with Crippen molar-refractivity contribution in [3.63, 3.8) is 0 Å². The molecule has 10 heteroatoms. The Kier molecular flexibility index (Phi) is 5.75. The molecule has 6 nitrogen and oxygen atoms in total. The van der Waals surface area contributed by atoms with Crippen molar-refractivity contribution in [3.8, 4) is 0 Å². The van der Waals surface area contributed by atoms with Gasteiger partial charge in [-0.25, -0.2) is 0 Å². The smallest absolute Gasteiger partial charge is 0.384 e. The largest absolute Gasteiger partial charge is 0.402 e. The van der Waals surface area contributed by atoms with E-state index in [1.54, 1.807) is 0 Å². The molecule has 0 amide bonds. The van der Waals surface area contributed by atoms with E-state index in [0.29, 0.717) is 25.9 Å². The first-order valence-electron chi connectivity index (χ1n) is 8.62. The Bertz CT molecular complexity index is 732. The zero-order valence-corrected chi connectivity index (χ0v) is 15.1. The van der Waals surface area contributed by atoms with E-state index in [0.717, 1.165) is 19.5 Å². The van der Waals surface area contributed by atoms with E-state index >= 15 is 0 Å². The number of fused-ring (bicyclic) bond motifs is 1. The van der Waals surface area contributed by atoms with Crippen molar-refractivity contribution in [1.29, 1.82) is 0 Å². The van der Waals surface area contributed by atoms with E-state index < -0.39 is 22.9 Å². The molecule has 0 atom stereocenters. The van der Waals surface area contributed by atoms with E-state index in [-0.39, 0.29) is 6.04 Å². The number of anilines is 1. The maximum atomic E-state index is 12.2. The first-order valence-corrected chi connectivity index (χ1v) is 10.1. The molecule has 2 aliphatic rings. The minimum absolute atomic E-state index is 0.350. The third-order valence-corrected chi connectivity index (χ3v) is 5.87. The summed E-state index contributed by atoms with van der Waals surface area (Å²) in [5, 5.41) is 3.41. The number of likely N-dealkylation sites (tertiary alicyclic amines) is 1. The van der Waals surface area contributed by atoms with E-state index in [2.05, 4.69) is 27.1 Å². The number of nitrogens with zero attached hydrogens (tertiary/aromatic N) is 1. The number of nitrogens with one attached hydrogen (secondary N) is 3. The summed E-state index contributed by atoms with van der Waals surface area (Å²) in [6.45, 7) is 1.54. The Balaban J connectivity index is 1.48. The highest BCUT2D eigenvalue weighted by atomic mass is 32.2. The Morgan fingerprint density at radius 3 is 2.65 bits per heavy atom. The monoisotopic (exact) mass is 392 g/mol. The third-order valence-electron chi connectivity index (χ3n) is 4.70. The summed E-state index contributed by atoms with van der Waals surface area (Å²) in [6, 6.07) is 5.91. The van der Waals surface area contributed by atoms with E-state index in [1.165, 1.54) is 21.5 Å². The summed E-state index contributed by atoms with van der Waals surface area (Å²) < 4.78 is 63.7. The molecule has 3 rings (SSSR count). The van der Waals surface area contributed by atoms with Crippen LogP contribution in [0.4, 0.5) is 18.9 Å². The molecule has 146 valence electrons. The second-order valence-electron chi connectivity index (χ2n) is 6.74. The van der Waals surface area contributed by atoms with Gasteiger partial charge in [0.15, 0.2) is 0 Å². The first-order chi connectivity index (χ1) is 12.2. The molecule has 0 saturated carbocycles. The van der Waals surface area contributed by atoms with E-state index in [1.807, 2.05) is 6.07 Å². The molecule has 1 aromatic rings. The van der Waals surface area contributed by atoms with E-state index in [9.17, 15) is 21.6 Å². The van der Waals surface area contributed by atoms with Crippen LogP contribution in [0.5, 0.6) is 0 Å². The van der Waals surface area contributed by atoms with Crippen LogP contribution in [0.2, 0.25) is 0 Å². The molecule has 0 radical (unpaired) electrons. The van der Waals surface area contributed by atoms with Crippen molar-refractivity contribution in [1.82, 2.24) is 14.3 Å². The molecule has 26 heavy (non-hydrogen) atoms. The van der Waals surface area contributed by atoms with Crippen LogP contribution in [0.25, 0.3) is 0 Å². The van der Waals surface area contributed by atoms with Gasteiger partial charge in [-0.2, -0.15) is 31.0 Å². The molecule has 3 N–H and O–H groups in total. The van der Waals surface area contributed by atoms with Crippen molar-refractivity contribution in [2.24, 2.45) is 0 Å². The fraction of sp³-hybridized carbons (Fsp3) is 0.625. The molecular formula is C16H23F3N4O2S. The summed E-state index contributed by atoms with van der Waals surface area (Å²) in [5.41, 5.74) is 3.75. The van der Waals surface area contributed by atoms with Gasteiger partial charge in [-0.1, -0.05) is 18.2 Å². The second kappa shape index (κ2) is 7.71. The maximum absolute atomic E-state index is 12.2.